The fourth-order valence-electron chi connectivity index (χ4n) is 3.57. The van der Waals surface area contributed by atoms with E-state index < -0.39 is 0 Å². The van der Waals surface area contributed by atoms with Crippen LogP contribution < -0.4 is 10.6 Å². The number of nitrogen functional groups attached to an aromatic ring is 1. The predicted octanol–water partition coefficient (Wildman–Crippen LogP) is 1.95. The molecule has 0 saturated carbocycles. The monoisotopic (exact) mass is 321 g/mol. The van der Waals surface area contributed by atoms with E-state index in [-0.39, 0.29) is 0 Å². The van der Waals surface area contributed by atoms with Crippen molar-refractivity contribution in [3.63, 3.8) is 0 Å². The van der Waals surface area contributed by atoms with Crippen molar-refractivity contribution in [2.24, 2.45) is 0 Å². The fourth-order valence-corrected chi connectivity index (χ4v) is 4.65. The zero-order valence-electron chi connectivity index (χ0n) is 13.7. The summed E-state index contributed by atoms with van der Waals surface area (Å²) in [6.07, 6.45) is 3.61. The van der Waals surface area contributed by atoms with Gasteiger partial charge in [-0.3, -0.25) is 4.90 Å². The third-order valence-corrected chi connectivity index (χ3v) is 5.94. The van der Waals surface area contributed by atoms with Crippen LogP contribution in [0.15, 0.2) is 0 Å². The van der Waals surface area contributed by atoms with Gasteiger partial charge in [0.25, 0.3) is 0 Å². The third-order valence-electron chi connectivity index (χ3n) is 4.89. The van der Waals surface area contributed by atoms with Crippen LogP contribution in [-0.2, 0) is 6.42 Å². The predicted molar refractivity (Wildman–Crippen MR) is 94.7 cm³/mol. The van der Waals surface area contributed by atoms with Crippen LogP contribution in [0, 0.1) is 6.92 Å². The summed E-state index contributed by atoms with van der Waals surface area (Å²) in [5.41, 5.74) is 8.16. The normalized spacial score (nSPS) is 21.3. The number of anilines is 2. The summed E-state index contributed by atoms with van der Waals surface area (Å²) in [6, 6.07) is 0.797. The Kier molecular flexibility index (Phi) is 5.08. The average Bonchev–Trinajstić information content (AvgIpc) is 2.57. The molecule has 0 amide bonds. The van der Waals surface area contributed by atoms with E-state index >= 15 is 0 Å². The molecule has 22 heavy (non-hydrogen) atoms. The summed E-state index contributed by atoms with van der Waals surface area (Å²) in [5, 5.41) is 0. The summed E-state index contributed by atoms with van der Waals surface area (Å²) in [5.74, 6) is 4.10. The minimum absolute atomic E-state index is 0.407. The largest absolute Gasteiger partial charge is 0.368 e. The Labute approximate surface area is 137 Å². The minimum atomic E-state index is 0.407. The van der Waals surface area contributed by atoms with Crippen molar-refractivity contribution in [3.8, 4) is 0 Å². The van der Waals surface area contributed by atoms with Gasteiger partial charge in [-0.15, -0.1) is 0 Å². The maximum atomic E-state index is 5.89. The van der Waals surface area contributed by atoms with Crippen LogP contribution in [0.25, 0.3) is 0 Å². The van der Waals surface area contributed by atoms with Gasteiger partial charge < -0.3 is 10.6 Å². The van der Waals surface area contributed by atoms with Crippen molar-refractivity contribution in [1.29, 1.82) is 0 Å². The van der Waals surface area contributed by atoms with Gasteiger partial charge in [-0.25, -0.2) is 4.98 Å². The van der Waals surface area contributed by atoms with Gasteiger partial charge in [0.15, 0.2) is 0 Å². The number of nitrogens with two attached hydrogens (primary N) is 1. The van der Waals surface area contributed by atoms with E-state index in [2.05, 4.69) is 45.4 Å². The van der Waals surface area contributed by atoms with Gasteiger partial charge >= 0.3 is 0 Å². The number of hydrogen-bond donors (Lipinski definition) is 1. The second-order valence-electron chi connectivity index (χ2n) is 6.20. The van der Waals surface area contributed by atoms with Crippen molar-refractivity contribution in [3.05, 3.63) is 11.3 Å². The molecule has 1 aromatic heterocycles. The fraction of sp³-hybridized carbons (Fsp3) is 0.750. The van der Waals surface area contributed by atoms with Gasteiger partial charge in [-0.2, -0.15) is 16.7 Å². The molecule has 2 N–H and O–H groups in total. The number of piperazine rings is 1. The number of hydrogen-bond acceptors (Lipinski definition) is 6. The molecule has 122 valence electrons. The van der Waals surface area contributed by atoms with Crippen LogP contribution >= 0.6 is 11.8 Å². The highest BCUT2D eigenvalue weighted by atomic mass is 32.2. The molecule has 0 aliphatic carbocycles. The molecule has 2 fully saturated rings. The Morgan fingerprint density at radius 1 is 1.14 bits per heavy atom. The molecular formula is C16H27N5S. The molecule has 0 unspecified atom stereocenters. The lowest BCUT2D eigenvalue weighted by molar-refractivity contribution is 0.175. The molecule has 5 nitrogen and oxygen atoms in total. The van der Waals surface area contributed by atoms with Crippen LogP contribution in [0.4, 0.5) is 11.8 Å². The zero-order valence-corrected chi connectivity index (χ0v) is 14.5. The van der Waals surface area contributed by atoms with Gasteiger partial charge in [-0.1, -0.05) is 6.92 Å². The van der Waals surface area contributed by atoms with E-state index in [9.17, 15) is 0 Å². The molecule has 0 atom stereocenters. The van der Waals surface area contributed by atoms with Gasteiger partial charge in [0.2, 0.25) is 5.95 Å². The minimum Gasteiger partial charge on any atom is -0.368 e. The Hall–Kier alpha value is -1.01. The van der Waals surface area contributed by atoms with Gasteiger partial charge in [-0.05, 0) is 37.7 Å². The lowest BCUT2D eigenvalue weighted by Crippen LogP contribution is -2.51. The zero-order chi connectivity index (χ0) is 15.5. The first-order chi connectivity index (χ1) is 10.7. The molecule has 0 bridgehead atoms. The summed E-state index contributed by atoms with van der Waals surface area (Å²) < 4.78 is 0. The Morgan fingerprint density at radius 3 is 2.45 bits per heavy atom. The maximum Gasteiger partial charge on any atom is 0.222 e. The molecule has 0 aromatic carbocycles. The standard InChI is InChI=1S/C16H27N5S/c1-3-14-12(2)15(19-16(17)18-14)21-8-6-20(7-9-21)13-4-10-22-11-5-13/h13H,3-11H2,1-2H3,(H2,17,18,19). The lowest BCUT2D eigenvalue weighted by Gasteiger charge is -2.41. The number of thioether (sulfide) groups is 1. The molecular weight excluding hydrogens is 294 g/mol. The van der Waals surface area contributed by atoms with Crippen LogP contribution in [0.1, 0.15) is 31.0 Å². The molecule has 2 saturated heterocycles. The van der Waals surface area contributed by atoms with E-state index in [1.54, 1.807) is 0 Å². The quantitative estimate of drug-likeness (QED) is 0.918. The summed E-state index contributed by atoms with van der Waals surface area (Å²) >= 11 is 2.10. The van der Waals surface area contributed by atoms with Gasteiger partial charge in [0.05, 0.1) is 5.69 Å². The summed E-state index contributed by atoms with van der Waals surface area (Å²) in [4.78, 5) is 13.9. The van der Waals surface area contributed by atoms with Crippen molar-refractivity contribution in [2.45, 2.75) is 39.2 Å². The SMILES string of the molecule is CCc1nc(N)nc(N2CCN(C3CCSCC3)CC2)c1C. The van der Waals surface area contributed by atoms with Gasteiger partial charge in [0.1, 0.15) is 5.82 Å². The van der Waals surface area contributed by atoms with Crippen LogP contribution in [0.3, 0.4) is 0 Å². The summed E-state index contributed by atoms with van der Waals surface area (Å²) in [6.45, 7) is 8.62. The summed E-state index contributed by atoms with van der Waals surface area (Å²) in [7, 11) is 0. The number of nitrogens with zero attached hydrogens (tertiary/aromatic N) is 4. The number of aryl methyl sites for hydroxylation is 1. The van der Waals surface area contributed by atoms with E-state index in [0.717, 1.165) is 50.2 Å². The Balaban J connectivity index is 1.67. The molecule has 0 spiro atoms. The van der Waals surface area contributed by atoms with E-state index in [1.807, 2.05) is 0 Å². The number of aromatic nitrogens is 2. The van der Waals surface area contributed by atoms with Crippen LogP contribution in [0.2, 0.25) is 0 Å². The topological polar surface area (TPSA) is 58.3 Å². The van der Waals surface area contributed by atoms with E-state index in [0.29, 0.717) is 5.95 Å². The molecule has 3 heterocycles. The maximum absolute atomic E-state index is 5.89. The van der Waals surface area contributed by atoms with Gasteiger partial charge in [0, 0.05) is 37.8 Å². The number of rotatable bonds is 3. The first kappa shape index (κ1) is 15.9. The second kappa shape index (κ2) is 7.04. The Bertz CT molecular complexity index is 508. The first-order valence-corrected chi connectivity index (χ1v) is 9.54. The molecule has 2 aliphatic heterocycles. The third kappa shape index (κ3) is 3.33. The van der Waals surface area contributed by atoms with E-state index in [4.69, 9.17) is 5.73 Å². The molecule has 1 aromatic rings. The first-order valence-electron chi connectivity index (χ1n) is 8.38. The molecule has 0 radical (unpaired) electrons. The van der Waals surface area contributed by atoms with Crippen molar-refractivity contribution in [2.75, 3.05) is 48.3 Å². The molecule has 6 heteroatoms. The highest BCUT2D eigenvalue weighted by molar-refractivity contribution is 7.99. The Morgan fingerprint density at radius 2 is 1.82 bits per heavy atom. The van der Waals surface area contributed by atoms with Crippen molar-refractivity contribution >= 4 is 23.5 Å². The highest BCUT2D eigenvalue weighted by Crippen LogP contribution is 2.26. The van der Waals surface area contributed by atoms with Crippen LogP contribution in [0.5, 0.6) is 0 Å². The van der Waals surface area contributed by atoms with E-state index in [1.165, 1.54) is 29.9 Å². The van der Waals surface area contributed by atoms with Crippen molar-refractivity contribution in [1.82, 2.24) is 14.9 Å². The lowest BCUT2D eigenvalue weighted by atomic mass is 10.1. The second-order valence-corrected chi connectivity index (χ2v) is 7.42. The van der Waals surface area contributed by atoms with Crippen LogP contribution in [-0.4, -0.2) is 58.6 Å². The van der Waals surface area contributed by atoms with Crippen molar-refractivity contribution < 1.29 is 0 Å². The molecule has 2 aliphatic rings. The smallest absolute Gasteiger partial charge is 0.222 e. The average molecular weight is 321 g/mol. The highest BCUT2D eigenvalue weighted by Gasteiger charge is 2.26. The molecule has 3 rings (SSSR count).